The van der Waals surface area contributed by atoms with Gasteiger partial charge in [0.2, 0.25) is 0 Å². The van der Waals surface area contributed by atoms with Gasteiger partial charge in [0.15, 0.2) is 0 Å². The molecule has 0 radical (unpaired) electrons. The van der Waals surface area contributed by atoms with Gasteiger partial charge < -0.3 is 0 Å². The molecule has 0 spiro atoms. The van der Waals surface area contributed by atoms with Gasteiger partial charge in [-0.1, -0.05) is 57.9 Å². The van der Waals surface area contributed by atoms with Crippen LogP contribution in [0.3, 0.4) is 0 Å². The van der Waals surface area contributed by atoms with Gasteiger partial charge in [-0.05, 0) is 37.0 Å². The van der Waals surface area contributed by atoms with E-state index in [1.807, 2.05) is 0 Å². The third kappa shape index (κ3) is 5.20. The van der Waals surface area contributed by atoms with Crippen molar-refractivity contribution in [3.05, 3.63) is 23.8 Å². The molecule has 15 heavy (non-hydrogen) atoms. The summed E-state index contributed by atoms with van der Waals surface area (Å²) in [5, 5.41) is 0. The van der Waals surface area contributed by atoms with Crippen LogP contribution in [0.15, 0.2) is 23.8 Å². The Morgan fingerprint density at radius 2 is 1.73 bits per heavy atom. The van der Waals surface area contributed by atoms with E-state index in [1.54, 1.807) is 5.57 Å². The number of rotatable bonds is 6. The minimum atomic E-state index is 0.731. The maximum Gasteiger partial charge on any atom is -0.00444 e. The first-order valence-electron chi connectivity index (χ1n) is 6.47. The van der Waals surface area contributed by atoms with Crippen molar-refractivity contribution in [2.45, 2.75) is 53.4 Å². The minimum Gasteiger partial charge on any atom is -0.0773 e. The molecule has 0 aromatic carbocycles. The van der Waals surface area contributed by atoms with E-state index in [4.69, 9.17) is 0 Å². The molecule has 1 rings (SSSR count). The number of allylic oxidation sites excluding steroid dienone is 4. The lowest BCUT2D eigenvalue weighted by atomic mass is 9.98. The Labute approximate surface area is 95.5 Å². The van der Waals surface area contributed by atoms with Gasteiger partial charge in [-0.2, -0.15) is 0 Å². The second kappa shape index (κ2) is 6.15. The van der Waals surface area contributed by atoms with Gasteiger partial charge in [-0.15, -0.1) is 0 Å². The molecule has 0 heteroatoms. The molecule has 0 N–H and O–H groups in total. The predicted octanol–water partition coefficient (Wildman–Crippen LogP) is 4.97. The van der Waals surface area contributed by atoms with E-state index in [-0.39, 0.29) is 0 Å². The van der Waals surface area contributed by atoms with Crippen LogP contribution in [0.4, 0.5) is 0 Å². The van der Waals surface area contributed by atoms with Crippen LogP contribution >= 0.6 is 0 Å². The van der Waals surface area contributed by atoms with E-state index in [0.29, 0.717) is 0 Å². The average Bonchev–Trinajstić information content (AvgIpc) is 2.59. The second-order valence-corrected chi connectivity index (χ2v) is 5.67. The van der Waals surface area contributed by atoms with Gasteiger partial charge in [-0.25, -0.2) is 0 Å². The molecule has 0 aliphatic heterocycles. The van der Waals surface area contributed by atoms with Crippen LogP contribution in [-0.2, 0) is 0 Å². The van der Waals surface area contributed by atoms with Crippen LogP contribution in [0.1, 0.15) is 53.4 Å². The first kappa shape index (κ1) is 12.5. The van der Waals surface area contributed by atoms with Gasteiger partial charge in [0.05, 0.1) is 0 Å². The molecular formula is C15H26. The fourth-order valence-electron chi connectivity index (χ4n) is 1.96. The summed E-state index contributed by atoms with van der Waals surface area (Å²) in [6.07, 6.45) is 12.5. The van der Waals surface area contributed by atoms with Gasteiger partial charge in [0, 0.05) is 0 Å². The zero-order valence-corrected chi connectivity index (χ0v) is 10.8. The Hall–Kier alpha value is -0.520. The first-order chi connectivity index (χ1) is 7.08. The standard InChI is InChI=1S/C15H26/c1-12(2)5-7-14-9-10-15(11-14)8-6-13(3)4/h9-14H,5-8H2,1-4H3. The van der Waals surface area contributed by atoms with E-state index in [1.165, 1.54) is 25.7 Å². The molecule has 0 fully saturated rings. The Bertz CT molecular complexity index is 230. The monoisotopic (exact) mass is 206 g/mol. The lowest BCUT2D eigenvalue weighted by molar-refractivity contribution is 0.524. The maximum absolute atomic E-state index is 2.48. The van der Waals surface area contributed by atoms with Crippen LogP contribution in [0.25, 0.3) is 0 Å². The predicted molar refractivity (Wildman–Crippen MR) is 68.9 cm³/mol. The van der Waals surface area contributed by atoms with Crippen LogP contribution < -0.4 is 0 Å². The lowest BCUT2D eigenvalue weighted by Gasteiger charge is -2.07. The van der Waals surface area contributed by atoms with Crippen molar-refractivity contribution in [2.24, 2.45) is 17.8 Å². The highest BCUT2D eigenvalue weighted by Crippen LogP contribution is 2.25. The van der Waals surface area contributed by atoms with Crippen molar-refractivity contribution in [1.82, 2.24) is 0 Å². The molecule has 0 saturated carbocycles. The van der Waals surface area contributed by atoms with Gasteiger partial charge >= 0.3 is 0 Å². The highest BCUT2D eigenvalue weighted by molar-refractivity contribution is 5.28. The minimum absolute atomic E-state index is 0.731. The third-order valence-corrected chi connectivity index (χ3v) is 3.07. The van der Waals surface area contributed by atoms with Gasteiger partial charge in [0.1, 0.15) is 0 Å². The molecule has 0 bridgehead atoms. The molecule has 0 saturated heterocycles. The van der Waals surface area contributed by atoms with Crippen molar-refractivity contribution in [1.29, 1.82) is 0 Å². The second-order valence-electron chi connectivity index (χ2n) is 5.67. The molecule has 86 valence electrons. The summed E-state index contributed by atoms with van der Waals surface area (Å²) in [6.45, 7) is 9.22. The summed E-state index contributed by atoms with van der Waals surface area (Å²) in [5.41, 5.74) is 1.57. The van der Waals surface area contributed by atoms with Crippen LogP contribution in [0.5, 0.6) is 0 Å². The van der Waals surface area contributed by atoms with Crippen LogP contribution in [0.2, 0.25) is 0 Å². The highest BCUT2D eigenvalue weighted by atomic mass is 14.2. The molecule has 0 aromatic rings. The lowest BCUT2D eigenvalue weighted by Crippen LogP contribution is -1.94. The van der Waals surface area contributed by atoms with Gasteiger partial charge in [-0.3, -0.25) is 0 Å². The fourth-order valence-corrected chi connectivity index (χ4v) is 1.96. The zero-order chi connectivity index (χ0) is 11.3. The van der Waals surface area contributed by atoms with E-state index in [0.717, 1.165) is 17.8 Å². The Morgan fingerprint density at radius 1 is 1.07 bits per heavy atom. The molecule has 0 heterocycles. The Kier molecular flexibility index (Phi) is 5.14. The highest BCUT2D eigenvalue weighted by Gasteiger charge is 2.10. The zero-order valence-electron chi connectivity index (χ0n) is 10.8. The summed E-state index contributed by atoms with van der Waals surface area (Å²) in [6, 6.07) is 0. The van der Waals surface area contributed by atoms with Gasteiger partial charge in [0.25, 0.3) is 0 Å². The fraction of sp³-hybridized carbons (Fsp3) is 0.733. The smallest absolute Gasteiger partial charge is 0.00444 e. The van der Waals surface area contributed by atoms with Crippen LogP contribution in [0, 0.1) is 17.8 Å². The van der Waals surface area contributed by atoms with Crippen molar-refractivity contribution in [3.8, 4) is 0 Å². The maximum atomic E-state index is 2.48. The van der Waals surface area contributed by atoms with E-state index in [9.17, 15) is 0 Å². The SMILES string of the molecule is CC(C)CCC1=CC(CCC(C)C)C=C1. The molecular weight excluding hydrogens is 180 g/mol. The molecule has 0 nitrogen and oxygen atoms in total. The van der Waals surface area contributed by atoms with E-state index < -0.39 is 0 Å². The summed E-state index contributed by atoms with van der Waals surface area (Å²) >= 11 is 0. The molecule has 0 aromatic heterocycles. The third-order valence-electron chi connectivity index (χ3n) is 3.07. The summed E-state index contributed by atoms with van der Waals surface area (Å²) in [7, 11) is 0. The van der Waals surface area contributed by atoms with Crippen molar-refractivity contribution >= 4 is 0 Å². The Balaban J connectivity index is 2.26. The number of hydrogen-bond acceptors (Lipinski definition) is 0. The summed E-state index contributed by atoms with van der Waals surface area (Å²) < 4.78 is 0. The Morgan fingerprint density at radius 3 is 2.33 bits per heavy atom. The largest absolute Gasteiger partial charge is 0.0773 e. The summed E-state index contributed by atoms with van der Waals surface area (Å²) in [5.74, 6) is 2.40. The quantitative estimate of drug-likeness (QED) is 0.575. The number of hydrogen-bond donors (Lipinski definition) is 0. The molecule has 1 aliphatic carbocycles. The average molecular weight is 206 g/mol. The molecule has 1 unspecified atom stereocenters. The molecule has 1 atom stereocenters. The topological polar surface area (TPSA) is 0 Å². The normalized spacial score (nSPS) is 20.4. The van der Waals surface area contributed by atoms with Crippen molar-refractivity contribution < 1.29 is 0 Å². The van der Waals surface area contributed by atoms with E-state index in [2.05, 4.69) is 45.9 Å². The van der Waals surface area contributed by atoms with Crippen molar-refractivity contribution in [2.75, 3.05) is 0 Å². The first-order valence-corrected chi connectivity index (χ1v) is 6.47. The van der Waals surface area contributed by atoms with Crippen molar-refractivity contribution in [3.63, 3.8) is 0 Å². The van der Waals surface area contributed by atoms with E-state index >= 15 is 0 Å². The van der Waals surface area contributed by atoms with Crippen LogP contribution in [-0.4, -0.2) is 0 Å². The molecule has 1 aliphatic rings. The summed E-state index contributed by atoms with van der Waals surface area (Å²) in [4.78, 5) is 0. The molecule has 0 amide bonds.